The zero-order valence-electron chi connectivity index (χ0n) is 11.4. The Hall–Kier alpha value is -0.610. The molecule has 4 nitrogen and oxygen atoms in total. The Bertz CT molecular complexity index is 187. The molecule has 1 amide bonds. The van der Waals surface area contributed by atoms with Gasteiger partial charge in [0, 0.05) is 39.3 Å². The maximum Gasteiger partial charge on any atom is 0.233 e. The molecule has 0 unspecified atom stereocenters. The van der Waals surface area contributed by atoms with Crippen molar-refractivity contribution in [1.82, 2.24) is 15.1 Å². The van der Waals surface area contributed by atoms with Gasteiger partial charge in [0.05, 0.1) is 6.54 Å². The zero-order chi connectivity index (χ0) is 12.6. The topological polar surface area (TPSA) is 35.6 Å². The van der Waals surface area contributed by atoms with Crippen molar-refractivity contribution in [3.63, 3.8) is 0 Å². The number of amides is 1. The number of likely N-dealkylation sites (N-methyl/N-ethyl adjacent to an activating group) is 1. The van der Waals surface area contributed by atoms with E-state index >= 15 is 0 Å². The molecule has 1 aliphatic rings. The average molecular weight is 229 g/mol. The maximum absolute atomic E-state index is 11.1. The molecule has 1 N–H and O–H groups in total. The van der Waals surface area contributed by atoms with Crippen LogP contribution in [0.2, 0.25) is 0 Å². The number of carbonyl (C=O) groups excluding carboxylic acids is 1. The van der Waals surface area contributed by atoms with Gasteiger partial charge >= 0.3 is 0 Å². The second-order valence-corrected chi connectivity index (χ2v) is 4.08. The molecule has 0 aromatic rings. The molecule has 0 saturated carbocycles. The number of carbonyl (C=O) groups is 1. The van der Waals surface area contributed by atoms with Crippen molar-refractivity contribution in [3.8, 4) is 0 Å². The molecule has 0 aromatic carbocycles. The van der Waals surface area contributed by atoms with E-state index in [1.807, 2.05) is 13.8 Å². The smallest absolute Gasteiger partial charge is 0.233 e. The largest absolute Gasteiger partial charge is 0.358 e. The molecule has 1 fully saturated rings. The molecular formula is C12H27N3O. The Morgan fingerprint density at radius 3 is 2.06 bits per heavy atom. The van der Waals surface area contributed by atoms with Crippen LogP contribution in [0.25, 0.3) is 0 Å². The van der Waals surface area contributed by atoms with E-state index in [1.54, 1.807) is 7.05 Å². The van der Waals surface area contributed by atoms with Gasteiger partial charge in [-0.3, -0.25) is 14.6 Å². The lowest BCUT2D eigenvalue weighted by Gasteiger charge is -2.36. The fourth-order valence-electron chi connectivity index (χ4n) is 1.72. The first kappa shape index (κ1) is 15.4. The van der Waals surface area contributed by atoms with E-state index in [0.717, 1.165) is 26.2 Å². The van der Waals surface area contributed by atoms with Gasteiger partial charge in [-0.25, -0.2) is 0 Å². The number of rotatable bonds is 3. The average Bonchev–Trinajstić information content (AvgIpc) is 2.32. The standard InChI is InChI=1S/C10H21N3O.C2H6/c1-9(2)13-6-4-12(5-7-13)8-10(14)11-3;1-2/h9H,4-8H2,1-3H3,(H,11,14);1-2H3. The van der Waals surface area contributed by atoms with Crippen LogP contribution in [0.5, 0.6) is 0 Å². The van der Waals surface area contributed by atoms with E-state index in [-0.39, 0.29) is 5.91 Å². The minimum atomic E-state index is 0.114. The predicted octanol–water partition coefficient (Wildman–Crippen LogP) is 0.785. The summed E-state index contributed by atoms with van der Waals surface area (Å²) in [6, 6.07) is 0.622. The van der Waals surface area contributed by atoms with Crippen LogP contribution in [-0.2, 0) is 4.79 Å². The van der Waals surface area contributed by atoms with Crippen LogP contribution in [0.1, 0.15) is 27.7 Å². The lowest BCUT2D eigenvalue weighted by Crippen LogP contribution is -2.50. The highest BCUT2D eigenvalue weighted by atomic mass is 16.1. The molecule has 1 saturated heterocycles. The fourth-order valence-corrected chi connectivity index (χ4v) is 1.72. The summed E-state index contributed by atoms with van der Waals surface area (Å²) in [6.45, 7) is 13.1. The molecule has 0 aliphatic carbocycles. The zero-order valence-corrected chi connectivity index (χ0v) is 11.4. The summed E-state index contributed by atoms with van der Waals surface area (Å²) >= 11 is 0. The van der Waals surface area contributed by atoms with Crippen LogP contribution in [0.15, 0.2) is 0 Å². The van der Waals surface area contributed by atoms with Gasteiger partial charge < -0.3 is 5.32 Å². The van der Waals surface area contributed by atoms with Crippen molar-refractivity contribution >= 4 is 5.91 Å². The predicted molar refractivity (Wildman–Crippen MR) is 68.6 cm³/mol. The third-order valence-corrected chi connectivity index (χ3v) is 2.78. The maximum atomic E-state index is 11.1. The van der Waals surface area contributed by atoms with Gasteiger partial charge in [0.2, 0.25) is 5.91 Å². The summed E-state index contributed by atoms with van der Waals surface area (Å²) < 4.78 is 0. The molecule has 1 heterocycles. The van der Waals surface area contributed by atoms with Crippen LogP contribution in [0.4, 0.5) is 0 Å². The van der Waals surface area contributed by atoms with E-state index in [1.165, 1.54) is 0 Å². The molecular weight excluding hydrogens is 202 g/mol. The summed E-state index contributed by atoms with van der Waals surface area (Å²) in [5.41, 5.74) is 0. The van der Waals surface area contributed by atoms with E-state index in [9.17, 15) is 4.79 Å². The Labute approximate surface area is 100.0 Å². The summed E-state index contributed by atoms with van der Waals surface area (Å²) in [5.74, 6) is 0.114. The van der Waals surface area contributed by atoms with Gasteiger partial charge in [-0.15, -0.1) is 0 Å². The summed E-state index contributed by atoms with van der Waals surface area (Å²) in [7, 11) is 1.69. The van der Waals surface area contributed by atoms with Crippen LogP contribution in [-0.4, -0.2) is 61.5 Å². The van der Waals surface area contributed by atoms with Gasteiger partial charge in [0.1, 0.15) is 0 Å². The van der Waals surface area contributed by atoms with Gasteiger partial charge in [-0.1, -0.05) is 13.8 Å². The molecule has 1 aliphatic heterocycles. The highest BCUT2D eigenvalue weighted by Gasteiger charge is 2.19. The first-order valence-electron chi connectivity index (χ1n) is 6.30. The van der Waals surface area contributed by atoms with Gasteiger partial charge in [0.15, 0.2) is 0 Å². The number of nitrogens with zero attached hydrogens (tertiary/aromatic N) is 2. The second-order valence-electron chi connectivity index (χ2n) is 4.08. The molecule has 0 radical (unpaired) electrons. The van der Waals surface area contributed by atoms with E-state index < -0.39 is 0 Å². The van der Waals surface area contributed by atoms with E-state index in [2.05, 4.69) is 29.0 Å². The van der Waals surface area contributed by atoms with Crippen molar-refractivity contribution in [3.05, 3.63) is 0 Å². The minimum Gasteiger partial charge on any atom is -0.358 e. The van der Waals surface area contributed by atoms with E-state index in [0.29, 0.717) is 12.6 Å². The van der Waals surface area contributed by atoms with E-state index in [4.69, 9.17) is 0 Å². The van der Waals surface area contributed by atoms with Crippen LogP contribution in [0, 0.1) is 0 Å². The second kappa shape index (κ2) is 8.53. The highest BCUT2D eigenvalue weighted by Crippen LogP contribution is 2.04. The minimum absolute atomic E-state index is 0.114. The Morgan fingerprint density at radius 1 is 1.19 bits per heavy atom. The first-order valence-corrected chi connectivity index (χ1v) is 6.30. The van der Waals surface area contributed by atoms with Crippen LogP contribution in [0.3, 0.4) is 0 Å². The highest BCUT2D eigenvalue weighted by molar-refractivity contribution is 5.77. The summed E-state index contributed by atoms with van der Waals surface area (Å²) in [5, 5.41) is 2.65. The molecule has 0 spiro atoms. The van der Waals surface area contributed by atoms with Crippen LogP contribution >= 0.6 is 0 Å². The fraction of sp³-hybridized carbons (Fsp3) is 0.917. The lowest BCUT2D eigenvalue weighted by molar-refractivity contribution is -0.122. The third-order valence-electron chi connectivity index (χ3n) is 2.78. The lowest BCUT2D eigenvalue weighted by atomic mass is 10.2. The Kier molecular flexibility index (Phi) is 8.21. The van der Waals surface area contributed by atoms with Crippen molar-refractivity contribution in [2.75, 3.05) is 39.8 Å². The number of hydrogen-bond donors (Lipinski definition) is 1. The van der Waals surface area contributed by atoms with Crippen molar-refractivity contribution < 1.29 is 4.79 Å². The molecule has 0 atom stereocenters. The number of nitrogens with one attached hydrogen (secondary N) is 1. The van der Waals surface area contributed by atoms with Crippen molar-refractivity contribution in [1.29, 1.82) is 0 Å². The Morgan fingerprint density at radius 2 is 1.69 bits per heavy atom. The summed E-state index contributed by atoms with van der Waals surface area (Å²) in [6.07, 6.45) is 0. The molecule has 0 aromatic heterocycles. The molecule has 1 rings (SSSR count). The quantitative estimate of drug-likeness (QED) is 0.777. The Balaban J connectivity index is 0.00000106. The molecule has 0 bridgehead atoms. The molecule has 96 valence electrons. The normalized spacial score (nSPS) is 17.9. The van der Waals surface area contributed by atoms with Gasteiger partial charge in [-0.05, 0) is 13.8 Å². The molecule has 16 heavy (non-hydrogen) atoms. The third kappa shape index (κ3) is 5.47. The number of piperazine rings is 1. The summed E-state index contributed by atoms with van der Waals surface area (Å²) in [4.78, 5) is 15.8. The van der Waals surface area contributed by atoms with Gasteiger partial charge in [0.25, 0.3) is 0 Å². The number of hydrogen-bond acceptors (Lipinski definition) is 3. The molecule has 4 heteroatoms. The van der Waals surface area contributed by atoms with Crippen molar-refractivity contribution in [2.24, 2.45) is 0 Å². The van der Waals surface area contributed by atoms with Gasteiger partial charge in [-0.2, -0.15) is 0 Å². The SMILES string of the molecule is CC.CNC(=O)CN1CCN(C(C)C)CC1. The van der Waals surface area contributed by atoms with Crippen molar-refractivity contribution in [2.45, 2.75) is 33.7 Å². The first-order chi connectivity index (χ1) is 7.63. The van der Waals surface area contributed by atoms with Crippen LogP contribution < -0.4 is 5.32 Å². The monoisotopic (exact) mass is 229 g/mol.